The number of likely N-dealkylation sites (tertiary alicyclic amines) is 1. The van der Waals surface area contributed by atoms with Gasteiger partial charge in [0.05, 0.1) is 18.6 Å². The summed E-state index contributed by atoms with van der Waals surface area (Å²) < 4.78 is 1.73. The Bertz CT molecular complexity index is 920. The molecule has 0 aliphatic carbocycles. The minimum atomic E-state index is -0.00285. The first kappa shape index (κ1) is 17.5. The molecule has 0 amide bonds. The largest absolute Gasteiger partial charge is 0.299 e. The predicted octanol–water partition coefficient (Wildman–Crippen LogP) is 2.01. The number of rotatable bonds is 5. The fraction of sp³-hybridized carbons (Fsp3) is 0.350. The Hall–Kier alpha value is -2.93. The fourth-order valence-corrected chi connectivity index (χ4v) is 3.46. The second kappa shape index (κ2) is 8.18. The number of aromatic nitrogens is 5. The van der Waals surface area contributed by atoms with Crippen LogP contribution >= 0.6 is 0 Å². The van der Waals surface area contributed by atoms with Gasteiger partial charge in [0.2, 0.25) is 0 Å². The van der Waals surface area contributed by atoms with E-state index >= 15 is 0 Å². The third kappa shape index (κ3) is 4.43. The third-order valence-electron chi connectivity index (χ3n) is 5.00. The lowest BCUT2D eigenvalue weighted by Gasteiger charge is -2.31. The van der Waals surface area contributed by atoms with E-state index in [-0.39, 0.29) is 5.56 Å². The topological polar surface area (TPSA) is 76.8 Å². The highest BCUT2D eigenvalue weighted by molar-refractivity contribution is 5.57. The van der Waals surface area contributed by atoms with Crippen LogP contribution in [0.25, 0.3) is 11.3 Å². The van der Waals surface area contributed by atoms with Crippen LogP contribution in [0.1, 0.15) is 18.7 Å². The van der Waals surface area contributed by atoms with Crippen LogP contribution in [0.2, 0.25) is 0 Å². The van der Waals surface area contributed by atoms with Crippen molar-refractivity contribution in [3.05, 3.63) is 71.6 Å². The van der Waals surface area contributed by atoms with Crippen molar-refractivity contribution < 1.29 is 0 Å². The zero-order chi connectivity index (χ0) is 18.5. The molecule has 0 spiro atoms. The monoisotopic (exact) mass is 362 g/mol. The summed E-state index contributed by atoms with van der Waals surface area (Å²) in [5, 5.41) is 0. The molecule has 0 bridgehead atoms. The summed E-state index contributed by atoms with van der Waals surface area (Å²) in [6, 6.07) is 7.16. The van der Waals surface area contributed by atoms with Crippen molar-refractivity contribution in [2.24, 2.45) is 5.92 Å². The lowest BCUT2D eigenvalue weighted by Crippen LogP contribution is -2.36. The molecule has 7 heteroatoms. The van der Waals surface area contributed by atoms with Crippen molar-refractivity contribution in [2.75, 3.05) is 13.1 Å². The summed E-state index contributed by atoms with van der Waals surface area (Å²) in [7, 11) is 0. The zero-order valence-electron chi connectivity index (χ0n) is 15.1. The van der Waals surface area contributed by atoms with E-state index in [9.17, 15) is 4.79 Å². The highest BCUT2D eigenvalue weighted by atomic mass is 16.1. The van der Waals surface area contributed by atoms with Gasteiger partial charge in [-0.15, -0.1) is 0 Å². The number of hydrogen-bond donors (Lipinski definition) is 0. The molecule has 0 saturated carbocycles. The lowest BCUT2D eigenvalue weighted by molar-refractivity contribution is 0.163. The van der Waals surface area contributed by atoms with Gasteiger partial charge in [0.25, 0.3) is 5.56 Å². The molecule has 1 aliphatic heterocycles. The van der Waals surface area contributed by atoms with Gasteiger partial charge in [-0.25, -0.2) is 15.0 Å². The Morgan fingerprint density at radius 1 is 1.00 bits per heavy atom. The Balaban J connectivity index is 1.34. The molecule has 7 nitrogen and oxygen atoms in total. The van der Waals surface area contributed by atoms with Crippen LogP contribution in [-0.4, -0.2) is 42.5 Å². The van der Waals surface area contributed by atoms with Gasteiger partial charge in [0, 0.05) is 43.0 Å². The van der Waals surface area contributed by atoms with Crippen molar-refractivity contribution in [1.82, 2.24) is 29.4 Å². The van der Waals surface area contributed by atoms with E-state index in [2.05, 4.69) is 24.8 Å². The summed E-state index contributed by atoms with van der Waals surface area (Å²) in [5.41, 5.74) is 1.60. The number of nitrogens with zero attached hydrogens (tertiary/aromatic N) is 6. The summed E-state index contributed by atoms with van der Waals surface area (Å²) in [4.78, 5) is 31.9. The Morgan fingerprint density at radius 2 is 1.74 bits per heavy atom. The van der Waals surface area contributed by atoms with Gasteiger partial charge in [-0.05, 0) is 50.0 Å². The van der Waals surface area contributed by atoms with Crippen LogP contribution < -0.4 is 5.56 Å². The quantitative estimate of drug-likeness (QED) is 0.691. The van der Waals surface area contributed by atoms with Gasteiger partial charge in [-0.3, -0.25) is 19.2 Å². The molecule has 4 rings (SSSR count). The van der Waals surface area contributed by atoms with Gasteiger partial charge >= 0.3 is 0 Å². The van der Waals surface area contributed by atoms with E-state index in [0.717, 1.165) is 50.4 Å². The van der Waals surface area contributed by atoms with Crippen molar-refractivity contribution in [3.8, 4) is 11.3 Å². The van der Waals surface area contributed by atoms with E-state index in [0.29, 0.717) is 11.6 Å². The van der Waals surface area contributed by atoms with Gasteiger partial charge in [0.1, 0.15) is 5.82 Å². The molecule has 0 unspecified atom stereocenters. The van der Waals surface area contributed by atoms with Crippen LogP contribution in [0.15, 0.2) is 60.2 Å². The molecule has 4 heterocycles. The van der Waals surface area contributed by atoms with E-state index < -0.39 is 0 Å². The molecule has 1 aliphatic rings. The van der Waals surface area contributed by atoms with Gasteiger partial charge in [-0.1, -0.05) is 0 Å². The second-order valence-corrected chi connectivity index (χ2v) is 6.89. The second-order valence-electron chi connectivity index (χ2n) is 6.89. The zero-order valence-corrected chi connectivity index (χ0v) is 15.1. The Kier molecular flexibility index (Phi) is 5.29. The van der Waals surface area contributed by atoms with Crippen LogP contribution in [0, 0.1) is 5.92 Å². The lowest BCUT2D eigenvalue weighted by atomic mass is 9.96. The highest BCUT2D eigenvalue weighted by Crippen LogP contribution is 2.20. The predicted molar refractivity (Wildman–Crippen MR) is 102 cm³/mol. The molecule has 0 aromatic carbocycles. The molecule has 0 N–H and O–H groups in total. The van der Waals surface area contributed by atoms with E-state index in [1.165, 1.54) is 0 Å². The average Bonchev–Trinajstić information content (AvgIpc) is 2.72. The van der Waals surface area contributed by atoms with Gasteiger partial charge < -0.3 is 0 Å². The first-order valence-corrected chi connectivity index (χ1v) is 9.23. The third-order valence-corrected chi connectivity index (χ3v) is 5.00. The summed E-state index contributed by atoms with van der Waals surface area (Å²) >= 11 is 0. The van der Waals surface area contributed by atoms with Crippen molar-refractivity contribution >= 4 is 0 Å². The average molecular weight is 362 g/mol. The number of piperidine rings is 1. The first-order valence-electron chi connectivity index (χ1n) is 9.23. The van der Waals surface area contributed by atoms with Gasteiger partial charge in [0.15, 0.2) is 0 Å². The van der Waals surface area contributed by atoms with Crippen molar-refractivity contribution in [1.29, 1.82) is 0 Å². The minimum Gasteiger partial charge on any atom is -0.299 e. The molecule has 27 heavy (non-hydrogen) atoms. The smallest absolute Gasteiger partial charge is 0.253 e. The summed E-state index contributed by atoms with van der Waals surface area (Å²) in [5.74, 6) is 1.35. The Morgan fingerprint density at radius 3 is 2.44 bits per heavy atom. The maximum atomic E-state index is 12.5. The molecule has 0 atom stereocenters. The van der Waals surface area contributed by atoms with E-state index in [1.54, 1.807) is 41.7 Å². The molecule has 3 aromatic heterocycles. The molecule has 0 radical (unpaired) electrons. The number of hydrogen-bond acceptors (Lipinski definition) is 6. The molecular formula is C20H22N6O. The van der Waals surface area contributed by atoms with E-state index in [4.69, 9.17) is 0 Å². The SMILES string of the molecule is O=c1cc(-c2ccncc2)ncn1CC1CCN(Cc2ncccn2)CC1. The van der Waals surface area contributed by atoms with Crippen LogP contribution in [0.3, 0.4) is 0 Å². The van der Waals surface area contributed by atoms with Crippen LogP contribution in [-0.2, 0) is 13.1 Å². The summed E-state index contributed by atoms with van der Waals surface area (Å²) in [6.45, 7) is 3.51. The molecule has 3 aromatic rings. The number of pyridine rings is 1. The summed E-state index contributed by atoms with van der Waals surface area (Å²) in [6.07, 6.45) is 10.8. The van der Waals surface area contributed by atoms with Crippen molar-refractivity contribution in [2.45, 2.75) is 25.9 Å². The molecule has 1 fully saturated rings. The minimum absolute atomic E-state index is 0.00285. The van der Waals surface area contributed by atoms with Crippen LogP contribution in [0.4, 0.5) is 0 Å². The molecular weight excluding hydrogens is 340 g/mol. The van der Waals surface area contributed by atoms with Gasteiger partial charge in [-0.2, -0.15) is 0 Å². The van der Waals surface area contributed by atoms with Crippen LogP contribution in [0.5, 0.6) is 0 Å². The fourth-order valence-electron chi connectivity index (χ4n) is 3.46. The molecule has 1 saturated heterocycles. The Labute approximate surface area is 157 Å². The first-order chi connectivity index (χ1) is 13.3. The molecule has 138 valence electrons. The standard InChI is InChI=1S/C20H22N6O/c27-20-12-18(17-2-8-21-9-3-17)24-15-26(20)13-16-4-10-25(11-5-16)14-19-22-6-1-7-23-19/h1-3,6-9,12,15-16H,4-5,10-11,13-14H2. The highest BCUT2D eigenvalue weighted by Gasteiger charge is 2.20. The maximum Gasteiger partial charge on any atom is 0.253 e. The maximum absolute atomic E-state index is 12.5. The van der Waals surface area contributed by atoms with Crippen molar-refractivity contribution in [3.63, 3.8) is 0 Å². The van der Waals surface area contributed by atoms with E-state index in [1.807, 2.05) is 18.2 Å². The normalized spacial score (nSPS) is 15.7.